The third-order valence-electron chi connectivity index (χ3n) is 9.80. The molecule has 0 radical (unpaired) electrons. The number of allylic oxidation sites excluding steroid dienone is 4. The van der Waals surface area contributed by atoms with Gasteiger partial charge in [-0.3, -0.25) is 0 Å². The molecule has 2 amide bonds. The molecule has 4 aliphatic carbocycles. The molecule has 4 aliphatic rings. The van der Waals surface area contributed by atoms with Crippen LogP contribution in [0, 0.1) is 34.5 Å². The topological polar surface area (TPSA) is 108 Å². The number of primary amides is 1. The first-order valence-corrected chi connectivity index (χ1v) is 12.0. The van der Waals surface area contributed by atoms with Gasteiger partial charge in [-0.25, -0.2) is 10.2 Å². The number of amides is 2. The summed E-state index contributed by atoms with van der Waals surface area (Å²) in [6, 6.07) is -0.679. The van der Waals surface area contributed by atoms with Crippen molar-refractivity contribution in [3.8, 4) is 0 Å². The number of fused-ring (bicyclic) bond motifs is 5. The molecule has 31 heavy (non-hydrogen) atoms. The molecule has 0 unspecified atom stereocenters. The summed E-state index contributed by atoms with van der Waals surface area (Å²) < 4.78 is 0. The predicted molar refractivity (Wildman–Crippen MR) is 122 cm³/mol. The Morgan fingerprint density at radius 2 is 1.84 bits per heavy atom. The molecule has 0 aromatic carbocycles. The lowest BCUT2D eigenvalue weighted by Crippen LogP contribution is -2.62. The molecule has 172 valence electrons. The van der Waals surface area contributed by atoms with Crippen LogP contribution in [0.15, 0.2) is 29.4 Å². The molecule has 4 saturated carbocycles. The van der Waals surface area contributed by atoms with Crippen molar-refractivity contribution < 1.29 is 15.0 Å². The van der Waals surface area contributed by atoms with Crippen LogP contribution in [0.25, 0.3) is 0 Å². The highest BCUT2D eigenvalue weighted by Crippen LogP contribution is 2.69. The summed E-state index contributed by atoms with van der Waals surface area (Å²) in [5, 5.41) is 26.1. The average molecular weight is 430 g/mol. The number of rotatable bonds is 4. The molecular weight excluding hydrogens is 390 g/mol. The first-order chi connectivity index (χ1) is 14.7. The van der Waals surface area contributed by atoms with Gasteiger partial charge in [0.25, 0.3) is 0 Å². The third kappa shape index (κ3) is 3.76. The molecule has 0 aromatic heterocycles. The lowest BCUT2D eigenvalue weighted by atomic mass is 9.43. The Balaban J connectivity index is 1.47. The van der Waals surface area contributed by atoms with E-state index in [0.717, 1.165) is 51.4 Å². The molecule has 0 aliphatic heterocycles. The van der Waals surface area contributed by atoms with Crippen molar-refractivity contribution in [3.63, 3.8) is 0 Å². The highest BCUT2D eigenvalue weighted by atomic mass is 16.3. The van der Waals surface area contributed by atoms with Gasteiger partial charge in [0.1, 0.15) is 0 Å². The SMILES string of the molecule is C[C@]12CC[C@H](O)C[C@H]1CC[C@@H]1[C@@H]2CC[C@]2(C)[C@@H](/C=C/C=C/C=N/NC(N)=O)CC[C@]12O. The highest BCUT2D eigenvalue weighted by Gasteiger charge is 2.66. The number of hydrogen-bond acceptors (Lipinski definition) is 4. The van der Waals surface area contributed by atoms with E-state index in [4.69, 9.17) is 5.73 Å². The van der Waals surface area contributed by atoms with E-state index in [2.05, 4.69) is 30.5 Å². The van der Waals surface area contributed by atoms with Crippen molar-refractivity contribution >= 4 is 12.2 Å². The summed E-state index contributed by atoms with van der Waals surface area (Å²) >= 11 is 0. The van der Waals surface area contributed by atoms with E-state index < -0.39 is 11.6 Å². The Morgan fingerprint density at radius 1 is 1.03 bits per heavy atom. The molecular formula is C25H39N3O3. The van der Waals surface area contributed by atoms with Crippen molar-refractivity contribution in [2.45, 2.75) is 83.3 Å². The summed E-state index contributed by atoms with van der Waals surface area (Å²) in [6.45, 7) is 4.77. The van der Waals surface area contributed by atoms with Crippen LogP contribution in [0.2, 0.25) is 0 Å². The summed E-state index contributed by atoms with van der Waals surface area (Å²) in [5.41, 5.74) is 6.72. The number of carbonyl (C=O) groups excluding carboxylic acids is 1. The summed E-state index contributed by atoms with van der Waals surface area (Å²) in [7, 11) is 0. The van der Waals surface area contributed by atoms with Gasteiger partial charge in [0.2, 0.25) is 0 Å². The number of urea groups is 1. The van der Waals surface area contributed by atoms with Crippen LogP contribution in [0.1, 0.15) is 71.6 Å². The zero-order chi connectivity index (χ0) is 22.3. The lowest BCUT2D eigenvalue weighted by Gasteiger charge is -2.63. The van der Waals surface area contributed by atoms with Gasteiger partial charge < -0.3 is 15.9 Å². The number of nitrogens with zero attached hydrogens (tertiary/aromatic N) is 1. The zero-order valence-electron chi connectivity index (χ0n) is 19.0. The smallest absolute Gasteiger partial charge is 0.332 e. The third-order valence-corrected chi connectivity index (χ3v) is 9.80. The van der Waals surface area contributed by atoms with Gasteiger partial charge in [-0.1, -0.05) is 32.1 Å². The second kappa shape index (κ2) is 8.36. The molecule has 0 aromatic rings. The minimum atomic E-state index is -0.679. The van der Waals surface area contributed by atoms with Gasteiger partial charge in [0.05, 0.1) is 11.7 Å². The fourth-order valence-corrected chi connectivity index (χ4v) is 8.01. The van der Waals surface area contributed by atoms with E-state index in [9.17, 15) is 15.0 Å². The van der Waals surface area contributed by atoms with Gasteiger partial charge in [0.15, 0.2) is 0 Å². The first kappa shape index (κ1) is 22.5. The Labute approximate surface area is 186 Å². The minimum absolute atomic E-state index is 0.0858. The van der Waals surface area contributed by atoms with E-state index in [1.807, 2.05) is 12.2 Å². The average Bonchev–Trinajstić information content (AvgIpc) is 2.99. The fourth-order valence-electron chi connectivity index (χ4n) is 8.01. The van der Waals surface area contributed by atoms with Crippen molar-refractivity contribution in [2.75, 3.05) is 0 Å². The van der Waals surface area contributed by atoms with Gasteiger partial charge in [0, 0.05) is 11.6 Å². The molecule has 6 heteroatoms. The van der Waals surface area contributed by atoms with Crippen LogP contribution in [-0.2, 0) is 0 Å². The van der Waals surface area contributed by atoms with E-state index >= 15 is 0 Å². The van der Waals surface area contributed by atoms with Gasteiger partial charge >= 0.3 is 6.03 Å². The molecule has 4 fully saturated rings. The molecule has 6 nitrogen and oxygen atoms in total. The number of carbonyl (C=O) groups is 1. The Kier molecular flexibility index (Phi) is 6.08. The van der Waals surface area contributed by atoms with Crippen molar-refractivity contribution in [1.82, 2.24) is 5.43 Å². The van der Waals surface area contributed by atoms with E-state index in [0.29, 0.717) is 23.7 Å². The number of nitrogens with one attached hydrogen (secondary N) is 1. The van der Waals surface area contributed by atoms with Crippen LogP contribution in [0.4, 0.5) is 4.79 Å². The van der Waals surface area contributed by atoms with E-state index in [-0.39, 0.29) is 16.9 Å². The maximum absolute atomic E-state index is 12.1. The van der Waals surface area contributed by atoms with Gasteiger partial charge in [-0.15, -0.1) is 0 Å². The van der Waals surface area contributed by atoms with Crippen molar-refractivity contribution in [3.05, 3.63) is 24.3 Å². The maximum atomic E-state index is 12.1. The van der Waals surface area contributed by atoms with Gasteiger partial charge in [-0.2, -0.15) is 5.10 Å². The molecule has 8 atom stereocenters. The van der Waals surface area contributed by atoms with Crippen LogP contribution >= 0.6 is 0 Å². The van der Waals surface area contributed by atoms with Crippen LogP contribution in [0.5, 0.6) is 0 Å². The molecule has 4 rings (SSSR count). The van der Waals surface area contributed by atoms with E-state index in [1.54, 1.807) is 6.08 Å². The zero-order valence-corrected chi connectivity index (χ0v) is 19.0. The second-order valence-corrected chi connectivity index (χ2v) is 11.0. The number of aliphatic hydroxyl groups excluding tert-OH is 1. The predicted octanol–water partition coefficient (Wildman–Crippen LogP) is 3.89. The fraction of sp³-hybridized carbons (Fsp3) is 0.760. The van der Waals surface area contributed by atoms with Gasteiger partial charge in [-0.05, 0) is 93.0 Å². The minimum Gasteiger partial charge on any atom is -0.393 e. The summed E-state index contributed by atoms with van der Waals surface area (Å²) in [4.78, 5) is 10.6. The quantitative estimate of drug-likeness (QED) is 0.309. The Hall–Kier alpha value is -1.66. The van der Waals surface area contributed by atoms with Crippen molar-refractivity contribution in [2.24, 2.45) is 45.3 Å². The van der Waals surface area contributed by atoms with Crippen LogP contribution in [0.3, 0.4) is 0 Å². The lowest BCUT2D eigenvalue weighted by molar-refractivity contribution is -0.207. The largest absolute Gasteiger partial charge is 0.393 e. The number of hydrogen-bond donors (Lipinski definition) is 4. The molecule has 0 bridgehead atoms. The standard InChI is InChI=1S/C25H39N3O3/c1-23-12-10-19(29)16-18(23)7-8-21-20(23)11-13-24(2)17(9-14-25(21,24)31)6-4-3-5-15-27-28-22(26)30/h3-6,15,17-21,29,31H,7-14,16H2,1-2H3,(H3,26,28,30)/b5-3+,6-4+,27-15+/t17-,18+,19-,20-,21+,23-,24+,25-/m0/s1. The monoisotopic (exact) mass is 429 g/mol. The molecule has 0 spiro atoms. The maximum Gasteiger partial charge on any atom is 0.332 e. The van der Waals surface area contributed by atoms with Crippen LogP contribution in [-0.4, -0.2) is 34.2 Å². The molecule has 0 saturated heterocycles. The number of aliphatic hydroxyl groups is 2. The Morgan fingerprint density at radius 3 is 2.61 bits per heavy atom. The number of nitrogens with two attached hydrogens (primary N) is 1. The first-order valence-electron chi connectivity index (χ1n) is 12.0. The highest BCUT2D eigenvalue weighted by molar-refractivity contribution is 5.76. The molecule has 5 N–H and O–H groups in total. The second-order valence-electron chi connectivity index (χ2n) is 11.0. The van der Waals surface area contributed by atoms with Crippen LogP contribution < -0.4 is 11.2 Å². The van der Waals surface area contributed by atoms with E-state index in [1.165, 1.54) is 12.6 Å². The normalized spacial score (nSPS) is 47.4. The van der Waals surface area contributed by atoms with Crippen molar-refractivity contribution in [1.29, 1.82) is 0 Å². The summed E-state index contributed by atoms with van der Waals surface area (Å²) in [6.07, 6.45) is 18.7. The Bertz CT molecular complexity index is 780. The summed E-state index contributed by atoms with van der Waals surface area (Å²) in [5.74, 6) is 1.93. The molecule has 0 heterocycles. The number of hydrazone groups is 1.